The lowest BCUT2D eigenvalue weighted by Crippen LogP contribution is -2.52. The maximum atomic E-state index is 11.6. The summed E-state index contributed by atoms with van der Waals surface area (Å²) < 4.78 is 0. The van der Waals surface area contributed by atoms with Gasteiger partial charge < -0.3 is 16.0 Å². The van der Waals surface area contributed by atoms with Gasteiger partial charge >= 0.3 is 0 Å². The van der Waals surface area contributed by atoms with Gasteiger partial charge in [-0.15, -0.1) is 12.3 Å². The number of nitrogens with two attached hydrogens (primary N) is 1. The molecule has 5 nitrogen and oxygen atoms in total. The van der Waals surface area contributed by atoms with Crippen molar-refractivity contribution in [3.05, 3.63) is 0 Å². The number of rotatable bonds is 3. The highest BCUT2D eigenvalue weighted by Gasteiger charge is 2.25. The molecular formula is C11H17N3O2. The topological polar surface area (TPSA) is 75.4 Å². The van der Waals surface area contributed by atoms with Gasteiger partial charge in [-0.05, 0) is 6.42 Å². The molecule has 1 rings (SSSR count). The fourth-order valence-corrected chi connectivity index (χ4v) is 1.66. The van der Waals surface area contributed by atoms with Crippen LogP contribution >= 0.6 is 0 Å². The summed E-state index contributed by atoms with van der Waals surface area (Å²) in [5.41, 5.74) is 5.57. The van der Waals surface area contributed by atoms with Crippen molar-refractivity contribution < 1.29 is 9.59 Å². The molecule has 5 heteroatoms. The molecule has 0 aromatic heterocycles. The van der Waals surface area contributed by atoms with Gasteiger partial charge in [0, 0.05) is 32.5 Å². The van der Waals surface area contributed by atoms with Crippen LogP contribution in [0, 0.1) is 12.3 Å². The highest BCUT2D eigenvalue weighted by atomic mass is 16.2. The van der Waals surface area contributed by atoms with Crippen LogP contribution < -0.4 is 11.1 Å². The molecule has 1 heterocycles. The normalized spacial score (nSPS) is 22.4. The number of carbonyl (C=O) groups is 2. The molecule has 0 aliphatic carbocycles. The van der Waals surface area contributed by atoms with E-state index in [1.54, 1.807) is 11.9 Å². The van der Waals surface area contributed by atoms with Crippen molar-refractivity contribution in [1.29, 1.82) is 0 Å². The Labute approximate surface area is 95.4 Å². The fraction of sp³-hybridized carbons (Fsp3) is 0.636. The van der Waals surface area contributed by atoms with Gasteiger partial charge in [0.15, 0.2) is 0 Å². The van der Waals surface area contributed by atoms with E-state index < -0.39 is 6.04 Å². The predicted molar refractivity (Wildman–Crippen MR) is 60.2 cm³/mol. The molecule has 0 saturated carbocycles. The molecule has 2 atom stereocenters. The molecule has 16 heavy (non-hydrogen) atoms. The van der Waals surface area contributed by atoms with Crippen LogP contribution in [-0.2, 0) is 9.59 Å². The summed E-state index contributed by atoms with van der Waals surface area (Å²) in [5.74, 6) is 2.22. The van der Waals surface area contributed by atoms with E-state index in [4.69, 9.17) is 12.2 Å². The zero-order valence-corrected chi connectivity index (χ0v) is 9.40. The van der Waals surface area contributed by atoms with Gasteiger partial charge in [0.1, 0.15) is 0 Å². The third-order valence-electron chi connectivity index (χ3n) is 2.65. The van der Waals surface area contributed by atoms with Gasteiger partial charge in [-0.3, -0.25) is 9.59 Å². The average Bonchev–Trinajstić information content (AvgIpc) is 2.24. The van der Waals surface area contributed by atoms with Crippen molar-refractivity contribution in [3.63, 3.8) is 0 Å². The summed E-state index contributed by atoms with van der Waals surface area (Å²) in [6.07, 6.45) is 6.44. The highest BCUT2D eigenvalue weighted by Crippen LogP contribution is 2.09. The Hall–Kier alpha value is -1.54. The maximum absolute atomic E-state index is 11.6. The largest absolute Gasteiger partial charge is 0.350 e. The van der Waals surface area contributed by atoms with Gasteiger partial charge in [-0.2, -0.15) is 0 Å². The van der Waals surface area contributed by atoms with E-state index in [-0.39, 0.29) is 24.3 Å². The quantitative estimate of drug-likeness (QED) is 0.607. The van der Waals surface area contributed by atoms with Crippen LogP contribution in [0.4, 0.5) is 0 Å². The number of nitrogens with zero attached hydrogens (tertiary/aromatic N) is 1. The molecule has 3 N–H and O–H groups in total. The average molecular weight is 223 g/mol. The Morgan fingerprint density at radius 3 is 3.06 bits per heavy atom. The summed E-state index contributed by atoms with van der Waals surface area (Å²) in [5, 5.41) is 2.80. The molecule has 1 fully saturated rings. The highest BCUT2D eigenvalue weighted by molar-refractivity contribution is 5.82. The van der Waals surface area contributed by atoms with Crippen molar-refractivity contribution in [2.45, 2.75) is 31.3 Å². The number of piperidine rings is 1. The second-order valence-electron chi connectivity index (χ2n) is 4.03. The zero-order valence-electron chi connectivity index (χ0n) is 9.40. The molecule has 1 aliphatic heterocycles. The third-order valence-corrected chi connectivity index (χ3v) is 2.65. The summed E-state index contributed by atoms with van der Waals surface area (Å²) in [4.78, 5) is 24.4. The Bertz CT molecular complexity index is 322. The zero-order chi connectivity index (χ0) is 12.1. The first-order chi connectivity index (χ1) is 7.54. The number of hydrogen-bond donors (Lipinski definition) is 2. The van der Waals surface area contributed by atoms with Crippen LogP contribution in [0.1, 0.15) is 19.3 Å². The Morgan fingerprint density at radius 2 is 2.50 bits per heavy atom. The van der Waals surface area contributed by atoms with Crippen molar-refractivity contribution >= 4 is 11.8 Å². The minimum Gasteiger partial charge on any atom is -0.350 e. The molecule has 88 valence electrons. The number of hydrogen-bond acceptors (Lipinski definition) is 3. The van der Waals surface area contributed by atoms with Crippen LogP contribution in [0.5, 0.6) is 0 Å². The molecule has 0 aromatic carbocycles. The minimum atomic E-state index is -0.659. The van der Waals surface area contributed by atoms with Crippen LogP contribution in [0.2, 0.25) is 0 Å². The van der Waals surface area contributed by atoms with E-state index in [9.17, 15) is 9.59 Å². The lowest BCUT2D eigenvalue weighted by molar-refractivity contribution is -0.134. The van der Waals surface area contributed by atoms with Gasteiger partial charge in [-0.25, -0.2) is 0 Å². The van der Waals surface area contributed by atoms with E-state index in [1.807, 2.05) is 0 Å². The molecule has 0 radical (unpaired) electrons. The number of likely N-dealkylation sites (tertiary alicyclic amines) is 1. The van der Waals surface area contributed by atoms with Crippen molar-refractivity contribution in [3.8, 4) is 12.3 Å². The molecule has 0 aromatic rings. The maximum Gasteiger partial charge on any atom is 0.238 e. The number of amides is 2. The number of carbonyl (C=O) groups excluding carboxylic acids is 2. The Kier molecular flexibility index (Phi) is 4.32. The number of likely N-dealkylation sites (N-methyl/N-ethyl adjacent to an activating group) is 1. The van der Waals surface area contributed by atoms with Crippen LogP contribution in [0.15, 0.2) is 0 Å². The SMILES string of the molecule is C#CCC(N)C(=O)NC1CCC(=O)N(C)C1. The third kappa shape index (κ3) is 3.24. The summed E-state index contributed by atoms with van der Waals surface area (Å²) >= 11 is 0. The van der Waals surface area contributed by atoms with E-state index in [1.165, 1.54) is 0 Å². The van der Waals surface area contributed by atoms with Crippen molar-refractivity contribution in [2.75, 3.05) is 13.6 Å². The van der Waals surface area contributed by atoms with Gasteiger partial charge in [-0.1, -0.05) is 0 Å². The van der Waals surface area contributed by atoms with E-state index in [0.717, 1.165) is 0 Å². The second-order valence-corrected chi connectivity index (χ2v) is 4.03. The first-order valence-electron chi connectivity index (χ1n) is 5.28. The molecule has 0 bridgehead atoms. The summed E-state index contributed by atoms with van der Waals surface area (Å²) in [7, 11) is 1.72. The summed E-state index contributed by atoms with van der Waals surface area (Å²) in [6.45, 7) is 0.535. The predicted octanol–water partition coefficient (Wildman–Crippen LogP) is -0.926. The van der Waals surface area contributed by atoms with E-state index in [0.29, 0.717) is 19.4 Å². The lowest BCUT2D eigenvalue weighted by atomic mass is 10.0. The lowest BCUT2D eigenvalue weighted by Gasteiger charge is -2.30. The standard InChI is InChI=1S/C11H17N3O2/c1-3-4-9(12)11(16)13-8-5-6-10(15)14(2)7-8/h1,8-9H,4-7,12H2,2H3,(H,13,16). The van der Waals surface area contributed by atoms with Crippen LogP contribution in [-0.4, -0.2) is 42.4 Å². The molecule has 1 saturated heterocycles. The van der Waals surface area contributed by atoms with E-state index in [2.05, 4.69) is 11.2 Å². The fourth-order valence-electron chi connectivity index (χ4n) is 1.66. The number of nitrogens with one attached hydrogen (secondary N) is 1. The monoisotopic (exact) mass is 223 g/mol. The van der Waals surface area contributed by atoms with Crippen molar-refractivity contribution in [1.82, 2.24) is 10.2 Å². The van der Waals surface area contributed by atoms with E-state index >= 15 is 0 Å². The second kappa shape index (κ2) is 5.52. The van der Waals surface area contributed by atoms with Crippen LogP contribution in [0.25, 0.3) is 0 Å². The van der Waals surface area contributed by atoms with Gasteiger partial charge in [0.05, 0.1) is 6.04 Å². The molecule has 0 spiro atoms. The van der Waals surface area contributed by atoms with Gasteiger partial charge in [0.2, 0.25) is 11.8 Å². The minimum absolute atomic E-state index is 0.0148. The Balaban J connectivity index is 2.41. The molecule has 2 amide bonds. The smallest absolute Gasteiger partial charge is 0.238 e. The first-order valence-corrected chi connectivity index (χ1v) is 5.28. The first kappa shape index (κ1) is 12.5. The molecule has 1 aliphatic rings. The van der Waals surface area contributed by atoms with Gasteiger partial charge in [0.25, 0.3) is 0 Å². The molecule has 2 unspecified atom stereocenters. The van der Waals surface area contributed by atoms with Crippen LogP contribution in [0.3, 0.4) is 0 Å². The van der Waals surface area contributed by atoms with Crippen molar-refractivity contribution in [2.24, 2.45) is 5.73 Å². The molecular weight excluding hydrogens is 206 g/mol. The Morgan fingerprint density at radius 1 is 1.81 bits per heavy atom. The number of terminal acetylenes is 1. The summed E-state index contributed by atoms with van der Waals surface area (Å²) in [6, 6.07) is -0.674.